The average Bonchev–Trinajstić information content (AvgIpc) is 2.06. The smallest absolute Gasteiger partial charge is 0.237 e. The quantitative estimate of drug-likeness (QED) is 0.649. The van der Waals surface area contributed by atoms with Gasteiger partial charge in [-0.2, -0.15) is 0 Å². The van der Waals surface area contributed by atoms with Gasteiger partial charge in [-0.1, -0.05) is 4.89 Å². The van der Waals surface area contributed by atoms with Gasteiger partial charge in [-0.3, -0.25) is 4.98 Å². The summed E-state index contributed by atoms with van der Waals surface area (Å²) in [5.74, 6) is -0.244. The number of nitrogens with one attached hydrogen (secondary N) is 1. The van der Waals surface area contributed by atoms with Crippen LogP contribution in [0.5, 0.6) is 0 Å². The normalized spacial score (nSPS) is 11.4. The first kappa shape index (κ1) is 9.11. The lowest BCUT2D eigenvalue weighted by molar-refractivity contribution is 0.242. The summed E-state index contributed by atoms with van der Waals surface area (Å²) in [5.41, 5.74) is 0.576. The van der Waals surface area contributed by atoms with Crippen molar-refractivity contribution in [2.75, 3.05) is 0 Å². The SMILES string of the molecule is O=S(=O)(Cc1ccncc1)NO. The third-order valence-electron chi connectivity index (χ3n) is 1.25. The zero-order valence-corrected chi connectivity index (χ0v) is 6.95. The van der Waals surface area contributed by atoms with Crippen LogP contribution in [-0.4, -0.2) is 18.6 Å². The van der Waals surface area contributed by atoms with Gasteiger partial charge in [0.15, 0.2) is 0 Å². The molecule has 6 heteroatoms. The molecule has 0 saturated heterocycles. The highest BCUT2D eigenvalue weighted by atomic mass is 32.2. The van der Waals surface area contributed by atoms with E-state index in [9.17, 15) is 8.42 Å². The first-order chi connectivity index (χ1) is 5.64. The number of rotatable bonds is 3. The Bertz CT molecular complexity index is 335. The van der Waals surface area contributed by atoms with Crippen LogP contribution in [0.3, 0.4) is 0 Å². The summed E-state index contributed by atoms with van der Waals surface area (Å²) in [5, 5.41) is 8.20. The minimum absolute atomic E-state index is 0.244. The van der Waals surface area contributed by atoms with Crippen molar-refractivity contribution in [2.24, 2.45) is 0 Å². The molecule has 0 fully saturated rings. The Morgan fingerprint density at radius 1 is 1.42 bits per heavy atom. The van der Waals surface area contributed by atoms with Crippen molar-refractivity contribution in [1.82, 2.24) is 9.87 Å². The molecule has 0 atom stereocenters. The fourth-order valence-corrected chi connectivity index (χ4v) is 1.43. The van der Waals surface area contributed by atoms with Gasteiger partial charge >= 0.3 is 0 Å². The molecule has 0 aromatic carbocycles. The molecule has 0 aliphatic heterocycles. The van der Waals surface area contributed by atoms with Crippen LogP contribution in [0.25, 0.3) is 0 Å². The van der Waals surface area contributed by atoms with E-state index in [4.69, 9.17) is 5.21 Å². The van der Waals surface area contributed by atoms with Crippen molar-refractivity contribution in [1.29, 1.82) is 0 Å². The van der Waals surface area contributed by atoms with Crippen molar-refractivity contribution in [2.45, 2.75) is 5.75 Å². The molecule has 0 unspecified atom stereocenters. The van der Waals surface area contributed by atoms with Crippen LogP contribution in [0, 0.1) is 0 Å². The Labute approximate surface area is 70.1 Å². The summed E-state index contributed by atoms with van der Waals surface area (Å²) in [7, 11) is -3.59. The molecule has 2 N–H and O–H groups in total. The predicted octanol–water partition coefficient (Wildman–Crippen LogP) is -0.110. The fraction of sp³-hybridized carbons (Fsp3) is 0.167. The van der Waals surface area contributed by atoms with E-state index < -0.39 is 10.0 Å². The lowest BCUT2D eigenvalue weighted by Crippen LogP contribution is -2.20. The number of aromatic nitrogens is 1. The molecule has 0 spiro atoms. The van der Waals surface area contributed by atoms with Crippen LogP contribution >= 0.6 is 0 Å². The molecule has 0 saturated carbocycles. The molecule has 0 bridgehead atoms. The molecule has 12 heavy (non-hydrogen) atoms. The van der Waals surface area contributed by atoms with Gasteiger partial charge in [0.2, 0.25) is 10.0 Å². The Morgan fingerprint density at radius 3 is 2.50 bits per heavy atom. The van der Waals surface area contributed by atoms with Crippen molar-refractivity contribution in [3.05, 3.63) is 30.1 Å². The lowest BCUT2D eigenvalue weighted by atomic mass is 10.3. The Kier molecular flexibility index (Phi) is 2.74. The van der Waals surface area contributed by atoms with E-state index in [1.807, 2.05) is 0 Å². The molecule has 1 aromatic heterocycles. The van der Waals surface area contributed by atoms with Gasteiger partial charge in [0.05, 0.1) is 5.75 Å². The van der Waals surface area contributed by atoms with Crippen molar-refractivity contribution >= 4 is 10.0 Å². The number of hydrogen-bond acceptors (Lipinski definition) is 4. The van der Waals surface area contributed by atoms with E-state index >= 15 is 0 Å². The number of hydrogen-bond donors (Lipinski definition) is 2. The van der Waals surface area contributed by atoms with Crippen molar-refractivity contribution < 1.29 is 13.6 Å². The molecular formula is C6H8N2O3S. The molecule has 1 rings (SSSR count). The van der Waals surface area contributed by atoms with E-state index in [0.29, 0.717) is 5.56 Å². The molecule has 1 heterocycles. The highest BCUT2D eigenvalue weighted by Crippen LogP contribution is 2.01. The van der Waals surface area contributed by atoms with Gasteiger partial charge in [0.25, 0.3) is 0 Å². The summed E-state index contributed by atoms with van der Waals surface area (Å²) in [6, 6.07) is 3.13. The van der Waals surface area contributed by atoms with E-state index in [-0.39, 0.29) is 5.75 Å². The average molecular weight is 188 g/mol. The standard InChI is InChI=1S/C6H8N2O3S/c9-8-12(10,11)5-6-1-3-7-4-2-6/h1-4,8-9H,5H2. The first-order valence-electron chi connectivity index (χ1n) is 3.16. The van der Waals surface area contributed by atoms with Gasteiger partial charge in [-0.05, 0) is 17.7 Å². The topological polar surface area (TPSA) is 79.3 Å². The van der Waals surface area contributed by atoms with E-state index in [2.05, 4.69) is 4.98 Å². The van der Waals surface area contributed by atoms with Gasteiger partial charge in [-0.25, -0.2) is 8.42 Å². The Hall–Kier alpha value is -0.980. The van der Waals surface area contributed by atoms with Gasteiger partial charge in [-0.15, -0.1) is 0 Å². The fourth-order valence-electron chi connectivity index (χ4n) is 0.731. The second-order valence-corrected chi connectivity index (χ2v) is 3.91. The van der Waals surface area contributed by atoms with Crippen LogP contribution in [-0.2, 0) is 15.8 Å². The van der Waals surface area contributed by atoms with Gasteiger partial charge in [0.1, 0.15) is 0 Å². The maximum Gasteiger partial charge on any atom is 0.237 e. The zero-order chi connectivity index (χ0) is 9.03. The van der Waals surface area contributed by atoms with E-state index in [0.717, 1.165) is 0 Å². The van der Waals surface area contributed by atoms with E-state index in [1.54, 1.807) is 12.1 Å². The second kappa shape index (κ2) is 3.61. The molecular weight excluding hydrogens is 180 g/mol. The Balaban J connectivity index is 2.78. The minimum Gasteiger partial charge on any atom is -0.302 e. The highest BCUT2D eigenvalue weighted by molar-refractivity contribution is 7.88. The predicted molar refractivity (Wildman–Crippen MR) is 41.8 cm³/mol. The van der Waals surface area contributed by atoms with Crippen molar-refractivity contribution in [3.63, 3.8) is 0 Å². The number of sulfonamides is 1. The molecule has 0 aliphatic carbocycles. The second-order valence-electron chi connectivity index (χ2n) is 2.21. The molecule has 66 valence electrons. The summed E-state index contributed by atoms with van der Waals surface area (Å²) < 4.78 is 21.6. The maximum absolute atomic E-state index is 10.8. The van der Waals surface area contributed by atoms with E-state index in [1.165, 1.54) is 17.3 Å². The first-order valence-corrected chi connectivity index (χ1v) is 4.82. The summed E-state index contributed by atoms with van der Waals surface area (Å²) >= 11 is 0. The largest absolute Gasteiger partial charge is 0.302 e. The zero-order valence-electron chi connectivity index (χ0n) is 6.14. The maximum atomic E-state index is 10.8. The third-order valence-corrected chi connectivity index (χ3v) is 2.24. The summed E-state index contributed by atoms with van der Waals surface area (Å²) in [4.78, 5) is 4.97. The molecule has 1 aromatic rings. The highest BCUT2D eigenvalue weighted by Gasteiger charge is 2.08. The summed E-state index contributed by atoms with van der Waals surface area (Å²) in [6.07, 6.45) is 2.98. The lowest BCUT2D eigenvalue weighted by Gasteiger charge is -1.99. The molecule has 0 aliphatic rings. The third kappa shape index (κ3) is 2.57. The van der Waals surface area contributed by atoms with Crippen LogP contribution in [0.2, 0.25) is 0 Å². The van der Waals surface area contributed by atoms with Crippen LogP contribution in [0.15, 0.2) is 24.5 Å². The van der Waals surface area contributed by atoms with Gasteiger partial charge in [0, 0.05) is 12.4 Å². The number of nitrogens with zero attached hydrogens (tertiary/aromatic N) is 1. The van der Waals surface area contributed by atoms with Crippen LogP contribution in [0.4, 0.5) is 0 Å². The Morgan fingerprint density at radius 2 is 2.00 bits per heavy atom. The van der Waals surface area contributed by atoms with Gasteiger partial charge < -0.3 is 5.21 Å². The monoisotopic (exact) mass is 188 g/mol. The number of pyridine rings is 1. The minimum atomic E-state index is -3.59. The van der Waals surface area contributed by atoms with Crippen LogP contribution in [0.1, 0.15) is 5.56 Å². The van der Waals surface area contributed by atoms with Crippen molar-refractivity contribution in [3.8, 4) is 0 Å². The molecule has 0 radical (unpaired) electrons. The molecule has 5 nitrogen and oxygen atoms in total. The van der Waals surface area contributed by atoms with Crippen LogP contribution < -0.4 is 4.89 Å². The summed E-state index contributed by atoms with van der Waals surface area (Å²) in [6.45, 7) is 0. The molecule has 0 amide bonds.